The number of hydrogen-bond donors (Lipinski definition) is 2. The first-order valence-electron chi connectivity index (χ1n) is 7.01. The van der Waals surface area contributed by atoms with Crippen molar-refractivity contribution in [1.29, 1.82) is 0 Å². The number of aliphatic imine (C=N–C) groups is 1. The molecule has 0 amide bonds. The minimum atomic E-state index is -0.160. The molecule has 2 N–H and O–H groups in total. The fraction of sp³-hybridized carbons (Fsp3) is 0.643. The molecule has 0 atom stereocenters. The molecule has 1 rings (SSSR count). The third-order valence-electron chi connectivity index (χ3n) is 3.03. The molecule has 0 unspecified atom stereocenters. The quantitative estimate of drug-likeness (QED) is 0.224. The molecular weight excluding hydrogens is 415 g/mol. The molecule has 22 heavy (non-hydrogen) atoms. The molecule has 1 aromatic rings. The second kappa shape index (κ2) is 11.6. The number of nitrogens with zero attached hydrogens (tertiary/aromatic N) is 2. The molecule has 6 nitrogen and oxygen atoms in total. The highest BCUT2D eigenvalue weighted by Crippen LogP contribution is 2.15. The molecule has 0 aromatic carbocycles. The number of nitrogens with one attached hydrogen (secondary N) is 2. The summed E-state index contributed by atoms with van der Waals surface area (Å²) in [6.45, 7) is 5.53. The van der Waals surface area contributed by atoms with E-state index in [0.717, 1.165) is 36.0 Å². The van der Waals surface area contributed by atoms with Crippen LogP contribution in [-0.4, -0.2) is 37.6 Å². The lowest BCUT2D eigenvalue weighted by atomic mass is 10.2. The number of thiazole rings is 1. The molecule has 0 fully saturated rings. The predicted molar refractivity (Wildman–Crippen MR) is 101 cm³/mol. The van der Waals surface area contributed by atoms with Crippen LogP contribution in [0.4, 0.5) is 0 Å². The number of unbranched alkanes of at least 4 members (excludes halogenated alkanes) is 1. The van der Waals surface area contributed by atoms with Gasteiger partial charge in [-0.1, -0.05) is 0 Å². The number of carbonyl (C=O) groups is 1. The summed E-state index contributed by atoms with van der Waals surface area (Å²) in [5.41, 5.74) is 1.09. The van der Waals surface area contributed by atoms with E-state index >= 15 is 0 Å². The van der Waals surface area contributed by atoms with Crippen molar-refractivity contribution in [3.63, 3.8) is 0 Å². The van der Waals surface area contributed by atoms with Crippen LogP contribution in [0.5, 0.6) is 0 Å². The Balaban J connectivity index is 0.00000441. The third kappa shape index (κ3) is 7.92. The summed E-state index contributed by atoms with van der Waals surface area (Å²) >= 11 is 1.70. The number of ether oxygens (including phenoxy) is 1. The summed E-state index contributed by atoms with van der Waals surface area (Å²) < 4.78 is 4.60. The van der Waals surface area contributed by atoms with Crippen LogP contribution in [0.25, 0.3) is 0 Å². The summed E-state index contributed by atoms with van der Waals surface area (Å²) in [4.78, 5) is 20.9. The van der Waals surface area contributed by atoms with E-state index < -0.39 is 0 Å². The summed E-state index contributed by atoms with van der Waals surface area (Å²) in [5.74, 6) is 0.589. The maximum absolute atomic E-state index is 11.0. The van der Waals surface area contributed by atoms with Gasteiger partial charge in [0.2, 0.25) is 0 Å². The predicted octanol–water partition coefficient (Wildman–Crippen LogP) is 2.39. The lowest BCUT2D eigenvalue weighted by Gasteiger charge is -2.10. The zero-order valence-electron chi connectivity index (χ0n) is 13.6. The maximum Gasteiger partial charge on any atom is 0.305 e. The van der Waals surface area contributed by atoms with Gasteiger partial charge in [-0.2, -0.15) is 0 Å². The highest BCUT2D eigenvalue weighted by Gasteiger charge is 2.05. The first-order valence-corrected chi connectivity index (χ1v) is 7.82. The van der Waals surface area contributed by atoms with Crippen LogP contribution < -0.4 is 10.6 Å². The summed E-state index contributed by atoms with van der Waals surface area (Å²) in [6.07, 6.45) is 2.16. The van der Waals surface area contributed by atoms with Crippen LogP contribution in [0.1, 0.15) is 34.8 Å². The Hall–Kier alpha value is -0.900. The molecule has 0 radical (unpaired) electrons. The molecule has 0 saturated heterocycles. The number of carbonyl (C=O) groups excluding carboxylic acids is 1. The van der Waals surface area contributed by atoms with Crippen molar-refractivity contribution in [3.8, 4) is 0 Å². The van der Waals surface area contributed by atoms with Gasteiger partial charge in [0.1, 0.15) is 5.01 Å². The molecule has 8 heteroatoms. The van der Waals surface area contributed by atoms with Crippen LogP contribution in [0.2, 0.25) is 0 Å². The zero-order valence-corrected chi connectivity index (χ0v) is 16.7. The second-order valence-electron chi connectivity index (χ2n) is 4.63. The van der Waals surface area contributed by atoms with Crippen molar-refractivity contribution in [2.45, 2.75) is 39.7 Å². The first-order chi connectivity index (χ1) is 10.1. The largest absolute Gasteiger partial charge is 0.469 e. The molecule has 126 valence electrons. The minimum absolute atomic E-state index is 0. The Morgan fingerprint density at radius 2 is 2.05 bits per heavy atom. The van der Waals surface area contributed by atoms with Gasteiger partial charge in [-0.25, -0.2) is 4.98 Å². The molecule has 0 aliphatic heterocycles. The van der Waals surface area contributed by atoms with E-state index in [1.165, 1.54) is 12.0 Å². The smallest absolute Gasteiger partial charge is 0.305 e. The molecule has 0 spiro atoms. The minimum Gasteiger partial charge on any atom is -0.469 e. The van der Waals surface area contributed by atoms with Crippen LogP contribution in [0, 0.1) is 13.8 Å². The van der Waals surface area contributed by atoms with E-state index in [9.17, 15) is 4.79 Å². The summed E-state index contributed by atoms with van der Waals surface area (Å²) in [6, 6.07) is 0. The average Bonchev–Trinajstić information content (AvgIpc) is 2.80. The van der Waals surface area contributed by atoms with E-state index in [1.54, 1.807) is 18.4 Å². The lowest BCUT2D eigenvalue weighted by molar-refractivity contribution is -0.140. The second-order valence-corrected chi connectivity index (χ2v) is 5.92. The highest BCUT2D eigenvalue weighted by atomic mass is 127. The van der Waals surface area contributed by atoms with Gasteiger partial charge in [-0.3, -0.25) is 9.79 Å². The SMILES string of the molecule is CN=C(NCCCCC(=O)OC)NCc1nc(C)c(C)s1.I. The summed E-state index contributed by atoms with van der Waals surface area (Å²) in [7, 11) is 3.15. The zero-order chi connectivity index (χ0) is 15.7. The van der Waals surface area contributed by atoms with E-state index in [-0.39, 0.29) is 29.9 Å². The fourth-order valence-corrected chi connectivity index (χ4v) is 2.57. The Morgan fingerprint density at radius 1 is 1.32 bits per heavy atom. The number of hydrogen-bond acceptors (Lipinski definition) is 5. The number of methoxy groups -OCH3 is 1. The van der Waals surface area contributed by atoms with Gasteiger partial charge in [-0.05, 0) is 26.7 Å². The van der Waals surface area contributed by atoms with E-state index in [1.807, 2.05) is 6.92 Å². The van der Waals surface area contributed by atoms with Crippen molar-refractivity contribution in [2.75, 3.05) is 20.7 Å². The number of guanidine groups is 1. The Kier molecular flexibility index (Phi) is 11.2. The Bertz CT molecular complexity index is 472. The molecule has 0 aliphatic carbocycles. The number of esters is 1. The van der Waals surface area contributed by atoms with Crippen LogP contribution in [-0.2, 0) is 16.1 Å². The van der Waals surface area contributed by atoms with Crippen LogP contribution in [0.3, 0.4) is 0 Å². The van der Waals surface area contributed by atoms with Crippen LogP contribution in [0.15, 0.2) is 4.99 Å². The van der Waals surface area contributed by atoms with Gasteiger partial charge in [0.25, 0.3) is 0 Å². The van der Waals surface area contributed by atoms with E-state index in [4.69, 9.17) is 0 Å². The Labute approximate surface area is 153 Å². The van der Waals surface area contributed by atoms with Crippen LogP contribution >= 0.6 is 35.3 Å². The maximum atomic E-state index is 11.0. The third-order valence-corrected chi connectivity index (χ3v) is 4.10. The van der Waals surface area contributed by atoms with Crippen molar-refractivity contribution < 1.29 is 9.53 Å². The Morgan fingerprint density at radius 3 is 2.59 bits per heavy atom. The molecule has 1 heterocycles. The summed E-state index contributed by atoms with van der Waals surface area (Å²) in [5, 5.41) is 7.50. The van der Waals surface area contributed by atoms with Gasteiger partial charge in [-0.15, -0.1) is 35.3 Å². The van der Waals surface area contributed by atoms with E-state index in [0.29, 0.717) is 13.0 Å². The van der Waals surface area contributed by atoms with Gasteiger partial charge in [0.05, 0.1) is 19.3 Å². The molecule has 0 saturated carbocycles. The normalized spacial score (nSPS) is 10.8. The van der Waals surface area contributed by atoms with Gasteiger partial charge < -0.3 is 15.4 Å². The van der Waals surface area contributed by atoms with Crippen molar-refractivity contribution in [3.05, 3.63) is 15.6 Å². The van der Waals surface area contributed by atoms with Gasteiger partial charge in [0, 0.05) is 24.9 Å². The van der Waals surface area contributed by atoms with E-state index in [2.05, 4.69) is 32.3 Å². The fourth-order valence-electron chi connectivity index (χ4n) is 1.70. The van der Waals surface area contributed by atoms with Crippen molar-refractivity contribution in [2.24, 2.45) is 4.99 Å². The van der Waals surface area contributed by atoms with Crippen molar-refractivity contribution in [1.82, 2.24) is 15.6 Å². The topological polar surface area (TPSA) is 75.6 Å². The lowest BCUT2D eigenvalue weighted by Crippen LogP contribution is -2.37. The number of halogens is 1. The monoisotopic (exact) mass is 440 g/mol. The average molecular weight is 440 g/mol. The van der Waals surface area contributed by atoms with Gasteiger partial charge in [0.15, 0.2) is 5.96 Å². The number of aromatic nitrogens is 1. The molecule has 0 bridgehead atoms. The molecule has 1 aromatic heterocycles. The highest BCUT2D eigenvalue weighted by molar-refractivity contribution is 14.0. The van der Waals surface area contributed by atoms with Crippen molar-refractivity contribution >= 4 is 47.2 Å². The molecule has 0 aliphatic rings. The molecular formula is C14H25IN4O2S. The number of aryl methyl sites for hydroxylation is 2. The first kappa shape index (κ1) is 21.1. The van der Waals surface area contributed by atoms with Gasteiger partial charge >= 0.3 is 5.97 Å². The number of rotatable bonds is 7. The standard InChI is InChI=1S/C14H24N4O2S.HI/c1-10-11(2)21-12(18-10)9-17-14(15-3)16-8-6-5-7-13(19)20-4;/h5-9H2,1-4H3,(H2,15,16,17);1H.